The molecule has 0 N–H and O–H groups in total. The third-order valence-corrected chi connectivity index (χ3v) is 5.10. The van der Waals surface area contributed by atoms with Crippen LogP contribution in [-0.4, -0.2) is 12.6 Å². The van der Waals surface area contributed by atoms with Gasteiger partial charge in [-0.1, -0.05) is 111 Å². The van der Waals surface area contributed by atoms with Crippen molar-refractivity contribution < 1.29 is 9.53 Å². The van der Waals surface area contributed by atoms with Crippen molar-refractivity contribution in [3.8, 4) is 0 Å². The van der Waals surface area contributed by atoms with Crippen LogP contribution in [0, 0.1) is 11.8 Å². The van der Waals surface area contributed by atoms with E-state index in [-0.39, 0.29) is 5.97 Å². The van der Waals surface area contributed by atoms with Gasteiger partial charge < -0.3 is 4.74 Å². The topological polar surface area (TPSA) is 26.3 Å². The van der Waals surface area contributed by atoms with Crippen LogP contribution in [0.5, 0.6) is 0 Å². The molecule has 0 atom stereocenters. The summed E-state index contributed by atoms with van der Waals surface area (Å²) in [5.41, 5.74) is 0. The normalized spacial score (nSPS) is 11.5. The van der Waals surface area contributed by atoms with E-state index in [1.807, 2.05) is 0 Å². The molecule has 2 nitrogen and oxygen atoms in total. The second-order valence-corrected chi connectivity index (χ2v) is 8.93. The van der Waals surface area contributed by atoms with Crippen molar-refractivity contribution in [1.82, 2.24) is 0 Å². The highest BCUT2D eigenvalue weighted by atomic mass is 16.5. The maximum Gasteiger partial charge on any atom is 0.305 e. The molecule has 0 aromatic rings. The predicted octanol–water partition coefficient (Wildman–Crippen LogP) is 8.08. The van der Waals surface area contributed by atoms with Gasteiger partial charge in [-0.2, -0.15) is 0 Å². The number of hydrogen-bond donors (Lipinski definition) is 0. The average Bonchev–Trinajstić information content (AvgIpc) is 2.58. The highest BCUT2D eigenvalue weighted by molar-refractivity contribution is 5.69. The van der Waals surface area contributed by atoms with E-state index in [0.717, 1.165) is 31.1 Å². The van der Waals surface area contributed by atoms with Gasteiger partial charge in [0.25, 0.3) is 0 Å². The monoisotopic (exact) mass is 368 g/mol. The molecule has 0 heterocycles. The standard InChI is InChI=1S/C24H48O2/c1-22(2)18-14-12-10-8-6-5-7-9-11-13-17-21-26-24(25)20-16-15-19-23(3)4/h22-23H,5-21H2,1-4H3. The van der Waals surface area contributed by atoms with Gasteiger partial charge >= 0.3 is 5.97 Å². The summed E-state index contributed by atoms with van der Waals surface area (Å²) in [7, 11) is 0. The first kappa shape index (κ1) is 25.5. The van der Waals surface area contributed by atoms with E-state index in [1.54, 1.807) is 0 Å². The molecule has 0 aliphatic heterocycles. The van der Waals surface area contributed by atoms with E-state index in [1.165, 1.54) is 77.0 Å². The van der Waals surface area contributed by atoms with Crippen LogP contribution >= 0.6 is 0 Å². The van der Waals surface area contributed by atoms with Crippen molar-refractivity contribution in [3.63, 3.8) is 0 Å². The first-order chi connectivity index (χ1) is 12.5. The Morgan fingerprint density at radius 3 is 1.42 bits per heavy atom. The number of hydrogen-bond acceptors (Lipinski definition) is 2. The lowest BCUT2D eigenvalue weighted by molar-refractivity contribution is -0.143. The van der Waals surface area contributed by atoms with E-state index < -0.39 is 0 Å². The van der Waals surface area contributed by atoms with Gasteiger partial charge in [-0.05, 0) is 24.7 Å². The molecule has 0 fully saturated rings. The van der Waals surface area contributed by atoms with Gasteiger partial charge in [0.2, 0.25) is 0 Å². The maximum atomic E-state index is 11.6. The number of unbranched alkanes of at least 4 members (excludes halogenated alkanes) is 11. The molecule has 0 bridgehead atoms. The molecule has 0 radical (unpaired) electrons. The quantitative estimate of drug-likeness (QED) is 0.170. The van der Waals surface area contributed by atoms with Crippen molar-refractivity contribution in [3.05, 3.63) is 0 Å². The number of carbonyl (C=O) groups is 1. The van der Waals surface area contributed by atoms with Crippen molar-refractivity contribution in [2.24, 2.45) is 11.8 Å². The Bertz CT molecular complexity index is 297. The summed E-state index contributed by atoms with van der Waals surface area (Å²) >= 11 is 0. The van der Waals surface area contributed by atoms with Crippen molar-refractivity contribution in [2.45, 2.75) is 130 Å². The predicted molar refractivity (Wildman–Crippen MR) is 115 cm³/mol. The maximum absolute atomic E-state index is 11.6. The lowest BCUT2D eigenvalue weighted by atomic mass is 10.0. The number of esters is 1. The van der Waals surface area contributed by atoms with Gasteiger partial charge in [0, 0.05) is 6.42 Å². The molecular weight excluding hydrogens is 320 g/mol. The van der Waals surface area contributed by atoms with Crippen LogP contribution in [0.3, 0.4) is 0 Å². The summed E-state index contributed by atoms with van der Waals surface area (Å²) in [6.07, 6.45) is 20.1. The van der Waals surface area contributed by atoms with Gasteiger partial charge in [0.1, 0.15) is 0 Å². The van der Waals surface area contributed by atoms with Crippen LogP contribution in [-0.2, 0) is 9.53 Å². The van der Waals surface area contributed by atoms with E-state index >= 15 is 0 Å². The molecule has 0 aliphatic rings. The smallest absolute Gasteiger partial charge is 0.305 e. The molecule has 26 heavy (non-hydrogen) atoms. The van der Waals surface area contributed by atoms with E-state index in [4.69, 9.17) is 4.74 Å². The second kappa shape index (κ2) is 19.2. The van der Waals surface area contributed by atoms with Gasteiger partial charge in [0.15, 0.2) is 0 Å². The Hall–Kier alpha value is -0.530. The summed E-state index contributed by atoms with van der Waals surface area (Å²) in [4.78, 5) is 11.6. The molecule has 0 amide bonds. The SMILES string of the molecule is CC(C)CCCCCCCCCCCCCOC(=O)CCCCC(C)C. The minimum atomic E-state index is 0.00199. The van der Waals surface area contributed by atoms with Crippen molar-refractivity contribution >= 4 is 5.97 Å². The zero-order valence-corrected chi connectivity index (χ0v) is 18.5. The number of rotatable bonds is 19. The minimum Gasteiger partial charge on any atom is -0.466 e. The molecule has 0 saturated heterocycles. The van der Waals surface area contributed by atoms with E-state index in [9.17, 15) is 4.79 Å². The molecule has 2 heteroatoms. The van der Waals surface area contributed by atoms with Gasteiger partial charge in [-0.3, -0.25) is 4.79 Å². The fraction of sp³-hybridized carbons (Fsp3) is 0.958. The molecule has 0 aromatic heterocycles. The molecular formula is C24H48O2. The zero-order valence-electron chi connectivity index (χ0n) is 18.5. The summed E-state index contributed by atoms with van der Waals surface area (Å²) in [5.74, 6) is 1.61. The Morgan fingerprint density at radius 2 is 0.962 bits per heavy atom. The molecule has 0 unspecified atom stereocenters. The summed E-state index contributed by atoms with van der Waals surface area (Å²) in [5, 5.41) is 0. The Morgan fingerprint density at radius 1 is 0.577 bits per heavy atom. The molecule has 0 rings (SSSR count). The molecule has 0 aliphatic carbocycles. The van der Waals surface area contributed by atoms with Crippen LogP contribution in [0.25, 0.3) is 0 Å². The summed E-state index contributed by atoms with van der Waals surface area (Å²) in [6, 6.07) is 0. The number of ether oxygens (including phenoxy) is 1. The minimum absolute atomic E-state index is 0.00199. The van der Waals surface area contributed by atoms with Gasteiger partial charge in [0.05, 0.1) is 6.61 Å². The first-order valence-corrected chi connectivity index (χ1v) is 11.7. The zero-order chi connectivity index (χ0) is 19.5. The van der Waals surface area contributed by atoms with Crippen LogP contribution in [0.15, 0.2) is 0 Å². The van der Waals surface area contributed by atoms with E-state index in [0.29, 0.717) is 13.0 Å². The fourth-order valence-electron chi connectivity index (χ4n) is 3.33. The third-order valence-electron chi connectivity index (χ3n) is 5.10. The summed E-state index contributed by atoms with van der Waals surface area (Å²) in [6.45, 7) is 9.72. The van der Waals surface area contributed by atoms with Crippen LogP contribution in [0.2, 0.25) is 0 Å². The molecule has 0 spiro atoms. The van der Waals surface area contributed by atoms with Crippen LogP contribution in [0.1, 0.15) is 130 Å². The third kappa shape index (κ3) is 21.5. The Balaban J connectivity index is 3.14. The largest absolute Gasteiger partial charge is 0.466 e. The highest BCUT2D eigenvalue weighted by Gasteiger charge is 2.03. The molecule has 0 saturated carbocycles. The van der Waals surface area contributed by atoms with Crippen molar-refractivity contribution in [1.29, 1.82) is 0 Å². The van der Waals surface area contributed by atoms with Crippen molar-refractivity contribution in [2.75, 3.05) is 6.61 Å². The molecule has 0 aromatic carbocycles. The summed E-state index contributed by atoms with van der Waals surface area (Å²) < 4.78 is 5.32. The van der Waals surface area contributed by atoms with Crippen LogP contribution < -0.4 is 0 Å². The Kier molecular flexibility index (Phi) is 18.8. The van der Waals surface area contributed by atoms with Gasteiger partial charge in [-0.25, -0.2) is 0 Å². The number of carbonyl (C=O) groups excluding carboxylic acids is 1. The van der Waals surface area contributed by atoms with Gasteiger partial charge in [-0.15, -0.1) is 0 Å². The van der Waals surface area contributed by atoms with Crippen LogP contribution in [0.4, 0.5) is 0 Å². The van der Waals surface area contributed by atoms with E-state index in [2.05, 4.69) is 27.7 Å². The average molecular weight is 369 g/mol. The fourth-order valence-corrected chi connectivity index (χ4v) is 3.33. The molecule has 156 valence electrons. The first-order valence-electron chi connectivity index (χ1n) is 11.7. The Labute approximate surface area is 164 Å². The highest BCUT2D eigenvalue weighted by Crippen LogP contribution is 2.14. The lowest BCUT2D eigenvalue weighted by Crippen LogP contribution is -2.05. The lowest BCUT2D eigenvalue weighted by Gasteiger charge is -2.06. The second-order valence-electron chi connectivity index (χ2n) is 8.93.